The largest absolute Gasteiger partial charge is 0.508 e. The van der Waals surface area contributed by atoms with Gasteiger partial charge in [-0.2, -0.15) is 0 Å². The van der Waals surface area contributed by atoms with Crippen LogP contribution in [-0.2, 0) is 9.75 Å². The van der Waals surface area contributed by atoms with Crippen molar-refractivity contribution < 1.29 is 10.2 Å². The molecular weight excluding hydrogens is 377 g/mol. The highest BCUT2D eigenvalue weighted by Crippen LogP contribution is 2.79. The van der Waals surface area contributed by atoms with Crippen LogP contribution in [0.3, 0.4) is 0 Å². The van der Waals surface area contributed by atoms with Gasteiger partial charge in [-0.05, 0) is 12.1 Å². The summed E-state index contributed by atoms with van der Waals surface area (Å²) in [4.78, 5) is -3.43. The van der Waals surface area contributed by atoms with Gasteiger partial charge >= 0.3 is 0 Å². The van der Waals surface area contributed by atoms with Crippen molar-refractivity contribution >= 4 is 69.6 Å². The topological polar surface area (TPSA) is 40.5 Å². The van der Waals surface area contributed by atoms with E-state index in [4.69, 9.17) is 69.6 Å². The van der Waals surface area contributed by atoms with Gasteiger partial charge in [-0.25, -0.2) is 0 Å². The number of halogens is 6. The van der Waals surface area contributed by atoms with Crippen LogP contribution < -0.4 is 0 Å². The Bertz CT molecular complexity index is 602. The number of phenols is 2. The van der Waals surface area contributed by atoms with E-state index < -0.39 is 14.1 Å². The van der Waals surface area contributed by atoms with Crippen LogP contribution in [0, 0.1) is 0 Å². The Morgan fingerprint density at radius 3 is 1.37 bits per heavy atom. The molecule has 1 aromatic rings. The molecule has 102 valence electrons. The van der Waals surface area contributed by atoms with Gasteiger partial charge in [0.15, 0.2) is 4.33 Å². The lowest BCUT2D eigenvalue weighted by Crippen LogP contribution is -2.39. The molecule has 1 aromatic carbocycles. The number of hydrogen-bond donors (Lipinski definition) is 2. The highest BCUT2D eigenvalue weighted by molar-refractivity contribution is 6.65. The first-order valence-corrected chi connectivity index (χ1v) is 7.26. The highest BCUT2D eigenvalue weighted by Gasteiger charge is 2.78. The number of alkyl halides is 4. The van der Waals surface area contributed by atoms with E-state index in [0.29, 0.717) is 0 Å². The Hall–Kier alpha value is 0.300. The molecule has 2 nitrogen and oxygen atoms in total. The summed E-state index contributed by atoms with van der Waals surface area (Å²) in [5.74, 6) is -0.448. The highest BCUT2D eigenvalue weighted by atomic mass is 35.5. The molecule has 0 saturated heterocycles. The molecule has 0 radical (unpaired) electrons. The lowest BCUT2D eigenvalue weighted by Gasteiger charge is -2.31. The number of hydrogen-bond acceptors (Lipinski definition) is 2. The molecule has 0 amide bonds. The van der Waals surface area contributed by atoms with Gasteiger partial charge in [-0.15, -0.1) is 23.2 Å². The molecule has 2 bridgehead atoms. The maximum atomic E-state index is 10.00. The monoisotopic (exact) mass is 378 g/mol. The number of aromatic hydroxyl groups is 2. The third-order valence-electron chi connectivity index (χ3n) is 3.51. The molecule has 2 aliphatic carbocycles. The predicted octanol–water partition coefficient (Wildman–Crippen LogP) is 4.86. The fourth-order valence-corrected chi connectivity index (χ4v) is 5.33. The van der Waals surface area contributed by atoms with E-state index in [0.717, 1.165) is 0 Å². The van der Waals surface area contributed by atoms with Crippen LogP contribution >= 0.6 is 69.6 Å². The van der Waals surface area contributed by atoms with Crippen molar-refractivity contribution in [3.05, 3.63) is 33.3 Å². The molecule has 0 aromatic heterocycles. The van der Waals surface area contributed by atoms with E-state index in [9.17, 15) is 10.2 Å². The first-order valence-electron chi connectivity index (χ1n) is 4.99. The molecule has 0 saturated carbocycles. The standard InChI is InChI=1S/C11H4Cl6O2/c12-7-8(13)10(15)6-4(19)2-1-3(18)5(6)9(7,14)11(10,16)17/h1-2,18-19H/t9-,10-/m1/s1. The van der Waals surface area contributed by atoms with Crippen LogP contribution in [-0.4, -0.2) is 14.5 Å². The van der Waals surface area contributed by atoms with Crippen LogP contribution in [0.15, 0.2) is 22.2 Å². The second-order valence-electron chi connectivity index (χ2n) is 4.37. The van der Waals surface area contributed by atoms with Crippen molar-refractivity contribution in [2.45, 2.75) is 14.1 Å². The number of fused-ring (bicyclic) bond motifs is 5. The van der Waals surface area contributed by atoms with Gasteiger partial charge in [0.25, 0.3) is 0 Å². The fraction of sp³-hybridized carbons (Fsp3) is 0.273. The van der Waals surface area contributed by atoms with E-state index in [1.165, 1.54) is 12.1 Å². The smallest absolute Gasteiger partial charge is 0.174 e. The quantitative estimate of drug-likeness (QED) is 0.498. The average Bonchev–Trinajstić information content (AvgIpc) is 2.55. The third kappa shape index (κ3) is 1.21. The maximum absolute atomic E-state index is 10.00. The van der Waals surface area contributed by atoms with Crippen LogP contribution in [0.2, 0.25) is 0 Å². The molecule has 0 heterocycles. The SMILES string of the molecule is Oc1ccc(O)c2c1[C@@]1(Cl)C(Cl)=C(Cl)[C@@]2(Cl)C1(Cl)Cl. The zero-order valence-electron chi connectivity index (χ0n) is 8.82. The fourth-order valence-electron chi connectivity index (χ4n) is 2.63. The summed E-state index contributed by atoms with van der Waals surface area (Å²) in [6, 6.07) is 2.50. The molecule has 8 heteroatoms. The number of rotatable bonds is 0. The molecule has 0 spiro atoms. The normalized spacial score (nSPS) is 34.8. The summed E-state index contributed by atoms with van der Waals surface area (Å²) in [7, 11) is 0. The average molecular weight is 381 g/mol. The number of phenolic OH excluding ortho intramolecular Hbond substituents is 2. The van der Waals surface area contributed by atoms with Crippen molar-refractivity contribution in [1.29, 1.82) is 0 Å². The molecule has 2 atom stereocenters. The number of benzene rings is 1. The van der Waals surface area contributed by atoms with Gasteiger partial charge in [0.2, 0.25) is 0 Å². The van der Waals surface area contributed by atoms with Gasteiger partial charge < -0.3 is 10.2 Å². The Balaban J connectivity index is 2.55. The van der Waals surface area contributed by atoms with Crippen molar-refractivity contribution in [2.24, 2.45) is 0 Å². The summed E-state index contributed by atoms with van der Waals surface area (Å²) in [6.45, 7) is 0. The molecule has 0 aliphatic heterocycles. The molecule has 2 N–H and O–H groups in total. The molecule has 19 heavy (non-hydrogen) atoms. The molecule has 2 aliphatic rings. The first-order chi connectivity index (χ1) is 8.61. The summed E-state index contributed by atoms with van der Waals surface area (Å²) < 4.78 is -1.85. The van der Waals surface area contributed by atoms with Crippen LogP contribution in [0.1, 0.15) is 11.1 Å². The lowest BCUT2D eigenvalue weighted by atomic mass is 9.94. The zero-order valence-corrected chi connectivity index (χ0v) is 13.4. The minimum absolute atomic E-state index is 0.0655. The van der Waals surface area contributed by atoms with E-state index in [2.05, 4.69) is 0 Å². The van der Waals surface area contributed by atoms with Crippen LogP contribution in [0.25, 0.3) is 0 Å². The predicted molar refractivity (Wildman–Crippen MR) is 78.0 cm³/mol. The van der Waals surface area contributed by atoms with Crippen molar-refractivity contribution in [1.82, 2.24) is 0 Å². The van der Waals surface area contributed by atoms with Crippen molar-refractivity contribution in [3.8, 4) is 11.5 Å². The van der Waals surface area contributed by atoms with Gasteiger partial charge in [-0.1, -0.05) is 46.4 Å². The Kier molecular flexibility index (Phi) is 2.80. The van der Waals surface area contributed by atoms with E-state index in [-0.39, 0.29) is 32.7 Å². The Morgan fingerprint density at radius 2 is 1.05 bits per heavy atom. The van der Waals surface area contributed by atoms with E-state index >= 15 is 0 Å². The van der Waals surface area contributed by atoms with E-state index in [1.807, 2.05) is 0 Å². The Morgan fingerprint density at radius 1 is 0.737 bits per heavy atom. The van der Waals surface area contributed by atoms with Gasteiger partial charge in [0, 0.05) is 11.1 Å². The summed E-state index contributed by atoms with van der Waals surface area (Å²) in [5, 5.41) is 19.9. The second-order valence-corrected chi connectivity index (χ2v) is 7.59. The van der Waals surface area contributed by atoms with Gasteiger partial charge in [0.1, 0.15) is 21.2 Å². The van der Waals surface area contributed by atoms with Gasteiger partial charge in [-0.3, -0.25) is 0 Å². The summed E-state index contributed by atoms with van der Waals surface area (Å²) >= 11 is 37.6. The van der Waals surface area contributed by atoms with Crippen molar-refractivity contribution in [2.75, 3.05) is 0 Å². The summed E-state index contributed by atoms with van der Waals surface area (Å²) in [5.41, 5.74) is 0.145. The second kappa shape index (κ2) is 3.73. The number of allylic oxidation sites excluding steroid dienone is 2. The van der Waals surface area contributed by atoms with Crippen LogP contribution in [0.5, 0.6) is 11.5 Å². The minimum atomic E-state index is -1.85. The molecule has 3 rings (SSSR count). The van der Waals surface area contributed by atoms with Crippen LogP contribution in [0.4, 0.5) is 0 Å². The molecular formula is C11H4Cl6O2. The van der Waals surface area contributed by atoms with Crippen molar-refractivity contribution in [3.63, 3.8) is 0 Å². The molecule has 0 unspecified atom stereocenters. The lowest BCUT2D eigenvalue weighted by molar-refractivity contribution is 0.448. The Labute approximate surface area is 138 Å². The van der Waals surface area contributed by atoms with Gasteiger partial charge in [0.05, 0.1) is 10.1 Å². The third-order valence-corrected chi connectivity index (χ3v) is 7.59. The first kappa shape index (κ1) is 14.2. The summed E-state index contributed by atoms with van der Waals surface area (Å²) in [6.07, 6.45) is 0. The van der Waals surface area contributed by atoms with E-state index in [1.54, 1.807) is 0 Å². The molecule has 0 fully saturated rings. The zero-order chi connectivity index (χ0) is 14.4. The maximum Gasteiger partial charge on any atom is 0.174 e. The minimum Gasteiger partial charge on any atom is -0.508 e.